The highest BCUT2D eigenvalue weighted by Gasteiger charge is 2.15. The van der Waals surface area contributed by atoms with Crippen LogP contribution in [0.25, 0.3) is 33.2 Å². The molecule has 0 atom stereocenters. The first-order valence-electron chi connectivity index (χ1n) is 11.8. The van der Waals surface area contributed by atoms with Gasteiger partial charge in [-0.1, -0.05) is 42.0 Å². The van der Waals surface area contributed by atoms with Gasteiger partial charge in [0.2, 0.25) is 5.91 Å². The molecule has 0 aliphatic rings. The van der Waals surface area contributed by atoms with E-state index in [1.807, 2.05) is 44.2 Å². The van der Waals surface area contributed by atoms with E-state index in [0.717, 1.165) is 57.5 Å². The maximum atomic E-state index is 12.7. The molecule has 3 aromatic carbocycles. The van der Waals surface area contributed by atoms with E-state index in [9.17, 15) is 4.79 Å². The molecule has 5 aromatic rings. The van der Waals surface area contributed by atoms with Gasteiger partial charge in [0.1, 0.15) is 0 Å². The first-order valence-corrected chi connectivity index (χ1v) is 11.8. The predicted molar refractivity (Wildman–Crippen MR) is 141 cm³/mol. The Bertz CT molecular complexity index is 1490. The number of pyridine rings is 1. The fraction of sp³-hybridized carbons (Fsp3) is 0.200. The Hall–Kier alpha value is -3.92. The zero-order chi connectivity index (χ0) is 23.7. The molecule has 1 amide bonds. The lowest BCUT2D eigenvalue weighted by Crippen LogP contribution is -2.11. The van der Waals surface area contributed by atoms with Crippen LogP contribution in [0.15, 0.2) is 72.8 Å². The molecule has 0 saturated carbocycles. The quantitative estimate of drug-likeness (QED) is 0.287. The van der Waals surface area contributed by atoms with Gasteiger partial charge in [-0.3, -0.25) is 4.79 Å². The number of nitrogens with one attached hydrogen (secondary N) is 2. The highest BCUT2D eigenvalue weighted by atomic mass is 16.1. The van der Waals surface area contributed by atoms with Crippen molar-refractivity contribution >= 4 is 33.4 Å². The Labute approximate surface area is 200 Å². The zero-order valence-electron chi connectivity index (χ0n) is 19.9. The number of benzene rings is 3. The van der Waals surface area contributed by atoms with Crippen molar-refractivity contribution in [2.24, 2.45) is 0 Å². The van der Waals surface area contributed by atoms with Gasteiger partial charge in [-0.25, -0.2) is 4.98 Å². The van der Waals surface area contributed by atoms with Gasteiger partial charge in [0.15, 0.2) is 0 Å². The number of amides is 1. The number of fused-ring (bicyclic) bond motifs is 2. The summed E-state index contributed by atoms with van der Waals surface area (Å²) in [7, 11) is 0. The molecule has 0 unspecified atom stereocenters. The number of aromatic nitrogens is 2. The summed E-state index contributed by atoms with van der Waals surface area (Å²) in [5.74, 6) is 0.0476. The van der Waals surface area contributed by atoms with Crippen molar-refractivity contribution in [3.8, 4) is 11.4 Å². The highest BCUT2D eigenvalue weighted by Crippen LogP contribution is 2.32. The van der Waals surface area contributed by atoms with Crippen molar-refractivity contribution in [3.05, 3.63) is 95.1 Å². The first kappa shape index (κ1) is 21.9. The van der Waals surface area contributed by atoms with Gasteiger partial charge in [-0.15, -0.1) is 0 Å². The SMILES string of the molecule is Cc1cc(C)cc(NC(=O)CCCc2c(-c3ccc4ccccc4n3)[nH]c3ccc(C)cc23)c1. The van der Waals surface area contributed by atoms with Gasteiger partial charge >= 0.3 is 0 Å². The molecule has 2 aromatic heterocycles. The number of carbonyl (C=O) groups excluding carboxylic acids is 1. The molecule has 4 nitrogen and oxygen atoms in total. The maximum Gasteiger partial charge on any atom is 0.224 e. The van der Waals surface area contributed by atoms with Gasteiger partial charge in [0.25, 0.3) is 0 Å². The van der Waals surface area contributed by atoms with E-state index < -0.39 is 0 Å². The molecule has 34 heavy (non-hydrogen) atoms. The number of anilines is 1. The topological polar surface area (TPSA) is 57.8 Å². The van der Waals surface area contributed by atoms with Crippen molar-refractivity contribution < 1.29 is 4.79 Å². The summed E-state index contributed by atoms with van der Waals surface area (Å²) in [6.45, 7) is 6.20. The van der Waals surface area contributed by atoms with Crippen molar-refractivity contribution in [2.45, 2.75) is 40.0 Å². The molecule has 0 fully saturated rings. The van der Waals surface area contributed by atoms with E-state index in [1.165, 1.54) is 16.5 Å². The Morgan fingerprint density at radius 2 is 1.68 bits per heavy atom. The molecular weight excluding hydrogens is 418 g/mol. The number of rotatable bonds is 6. The minimum atomic E-state index is 0.0476. The van der Waals surface area contributed by atoms with Gasteiger partial charge in [0.05, 0.1) is 16.9 Å². The molecular formula is C30H29N3O. The number of hydrogen-bond donors (Lipinski definition) is 2. The van der Waals surface area contributed by atoms with Crippen LogP contribution < -0.4 is 5.32 Å². The summed E-state index contributed by atoms with van der Waals surface area (Å²) >= 11 is 0. The fourth-order valence-electron chi connectivity index (χ4n) is 4.74. The Kier molecular flexibility index (Phi) is 5.89. The molecule has 170 valence electrons. The number of hydrogen-bond acceptors (Lipinski definition) is 2. The van der Waals surface area contributed by atoms with Crippen molar-refractivity contribution in [2.75, 3.05) is 5.32 Å². The largest absolute Gasteiger partial charge is 0.353 e. The summed E-state index contributed by atoms with van der Waals surface area (Å²) in [5.41, 5.74) is 9.67. The minimum absolute atomic E-state index is 0.0476. The number of para-hydroxylation sites is 1. The highest BCUT2D eigenvalue weighted by molar-refractivity contribution is 5.93. The first-order chi connectivity index (χ1) is 16.5. The lowest BCUT2D eigenvalue weighted by Gasteiger charge is -2.09. The van der Waals surface area contributed by atoms with Crippen LogP contribution in [0.5, 0.6) is 0 Å². The van der Waals surface area contributed by atoms with E-state index in [-0.39, 0.29) is 5.91 Å². The molecule has 0 spiro atoms. The summed E-state index contributed by atoms with van der Waals surface area (Å²) in [6, 6.07) is 25.0. The van der Waals surface area contributed by atoms with Gasteiger partial charge in [0, 0.05) is 28.4 Å². The summed E-state index contributed by atoms with van der Waals surface area (Å²) in [5, 5.41) is 5.39. The Balaban J connectivity index is 1.40. The number of carbonyl (C=O) groups is 1. The van der Waals surface area contributed by atoms with Crippen molar-refractivity contribution in [3.63, 3.8) is 0 Å². The van der Waals surface area contributed by atoms with Crippen molar-refractivity contribution in [1.82, 2.24) is 9.97 Å². The second-order valence-corrected chi connectivity index (χ2v) is 9.19. The van der Waals surface area contributed by atoms with Gasteiger partial charge in [-0.2, -0.15) is 0 Å². The van der Waals surface area contributed by atoms with E-state index in [1.54, 1.807) is 0 Å². The van der Waals surface area contributed by atoms with Crippen LogP contribution in [0.3, 0.4) is 0 Å². The van der Waals surface area contributed by atoms with Gasteiger partial charge < -0.3 is 10.3 Å². The van der Waals surface area contributed by atoms with Crippen LogP contribution in [-0.2, 0) is 11.2 Å². The third kappa shape index (κ3) is 4.58. The van der Waals surface area contributed by atoms with Crippen LogP contribution in [0, 0.1) is 20.8 Å². The third-order valence-corrected chi connectivity index (χ3v) is 6.25. The van der Waals surface area contributed by atoms with Crippen LogP contribution in [0.4, 0.5) is 5.69 Å². The average Bonchev–Trinajstić information content (AvgIpc) is 3.15. The molecule has 2 N–H and O–H groups in total. The van der Waals surface area contributed by atoms with E-state index in [4.69, 9.17) is 4.98 Å². The second-order valence-electron chi connectivity index (χ2n) is 9.19. The number of aryl methyl sites for hydroxylation is 4. The van der Waals surface area contributed by atoms with E-state index in [0.29, 0.717) is 6.42 Å². The number of aromatic amines is 1. The monoisotopic (exact) mass is 447 g/mol. The molecule has 0 aliphatic heterocycles. The maximum absolute atomic E-state index is 12.7. The van der Waals surface area contributed by atoms with Crippen LogP contribution in [0.1, 0.15) is 35.1 Å². The standard InChI is InChI=1S/C30H29N3O/c1-19-11-13-27-25(18-19)24(8-6-10-29(34)31-23-16-20(2)15-21(3)17-23)30(33-27)28-14-12-22-7-4-5-9-26(22)32-28/h4-5,7,9,11-18,33H,6,8,10H2,1-3H3,(H,31,34). The smallest absolute Gasteiger partial charge is 0.224 e. The van der Waals surface area contributed by atoms with Crippen LogP contribution in [0.2, 0.25) is 0 Å². The van der Waals surface area contributed by atoms with E-state index >= 15 is 0 Å². The normalized spacial score (nSPS) is 11.3. The molecule has 0 aliphatic carbocycles. The molecule has 0 bridgehead atoms. The summed E-state index contributed by atoms with van der Waals surface area (Å²) in [4.78, 5) is 21.2. The molecule has 0 radical (unpaired) electrons. The molecule has 4 heteroatoms. The Morgan fingerprint density at radius 3 is 2.50 bits per heavy atom. The number of nitrogens with zero attached hydrogens (tertiary/aromatic N) is 1. The van der Waals surface area contributed by atoms with Gasteiger partial charge in [-0.05, 0) is 86.7 Å². The van der Waals surface area contributed by atoms with Crippen molar-refractivity contribution in [1.29, 1.82) is 0 Å². The second kappa shape index (κ2) is 9.14. The Morgan fingerprint density at radius 1 is 0.882 bits per heavy atom. The van der Waals surface area contributed by atoms with Crippen LogP contribution in [-0.4, -0.2) is 15.9 Å². The lowest BCUT2D eigenvalue weighted by molar-refractivity contribution is -0.116. The molecule has 0 saturated heterocycles. The zero-order valence-corrected chi connectivity index (χ0v) is 19.9. The predicted octanol–water partition coefficient (Wildman–Crippen LogP) is 7.27. The summed E-state index contributed by atoms with van der Waals surface area (Å²) in [6.07, 6.45) is 2.03. The molecule has 2 heterocycles. The average molecular weight is 448 g/mol. The molecule has 5 rings (SSSR count). The third-order valence-electron chi connectivity index (χ3n) is 6.25. The summed E-state index contributed by atoms with van der Waals surface area (Å²) < 4.78 is 0. The lowest BCUT2D eigenvalue weighted by atomic mass is 10.0. The van der Waals surface area contributed by atoms with E-state index in [2.05, 4.69) is 59.7 Å². The fourth-order valence-corrected chi connectivity index (χ4v) is 4.74. The minimum Gasteiger partial charge on any atom is -0.353 e. The van der Waals surface area contributed by atoms with Crippen LogP contribution >= 0.6 is 0 Å². The number of H-pyrrole nitrogens is 1.